The minimum Gasteiger partial charge on any atom is -0.357 e. The molecule has 26 heavy (non-hydrogen) atoms. The van der Waals surface area contributed by atoms with Crippen molar-refractivity contribution >= 4 is 5.96 Å². The molecule has 0 aliphatic heterocycles. The fourth-order valence-corrected chi connectivity index (χ4v) is 2.64. The molecular weight excluding hydrogens is 324 g/mol. The zero-order valence-corrected chi connectivity index (χ0v) is 15.9. The van der Waals surface area contributed by atoms with Crippen molar-refractivity contribution in [2.45, 2.75) is 39.2 Å². The summed E-state index contributed by atoms with van der Waals surface area (Å²) < 4.78 is 1.76. The van der Waals surface area contributed by atoms with Crippen molar-refractivity contribution in [3.8, 4) is 5.82 Å². The maximum Gasteiger partial charge on any atom is 0.193 e. The highest BCUT2D eigenvalue weighted by Crippen LogP contribution is 2.08. The summed E-state index contributed by atoms with van der Waals surface area (Å²) in [4.78, 5) is 11.3. The Kier molecular flexibility index (Phi) is 8.39. The summed E-state index contributed by atoms with van der Waals surface area (Å²) in [7, 11) is 2.09. The maximum atomic E-state index is 4.78. The molecule has 6 heteroatoms. The Morgan fingerprint density at radius 2 is 2.23 bits per heavy atom. The average Bonchev–Trinajstić information content (AvgIpc) is 3.20. The minimum absolute atomic E-state index is 0.611. The summed E-state index contributed by atoms with van der Waals surface area (Å²) in [6.07, 6.45) is 12.1. The highest BCUT2D eigenvalue weighted by atomic mass is 15.3. The third-order valence-electron chi connectivity index (χ3n) is 4.06. The molecule has 1 N–H and O–H groups in total. The Bertz CT molecular complexity index is 677. The SMILES string of the molecule is C=CCCCCCN(C)C(=NCc1ccnc(-n2cccn2)c1)NCC. The van der Waals surface area contributed by atoms with Crippen LogP contribution in [0.5, 0.6) is 0 Å². The number of nitrogens with zero attached hydrogens (tertiary/aromatic N) is 5. The van der Waals surface area contributed by atoms with E-state index in [4.69, 9.17) is 4.99 Å². The number of unbranched alkanes of at least 4 members (excludes halogenated alkanes) is 3. The van der Waals surface area contributed by atoms with Crippen molar-refractivity contribution in [1.29, 1.82) is 0 Å². The molecule has 0 aliphatic carbocycles. The van der Waals surface area contributed by atoms with Crippen LogP contribution in [0.4, 0.5) is 0 Å². The Morgan fingerprint density at radius 3 is 2.96 bits per heavy atom. The van der Waals surface area contributed by atoms with Gasteiger partial charge in [0.15, 0.2) is 11.8 Å². The lowest BCUT2D eigenvalue weighted by Gasteiger charge is -2.22. The van der Waals surface area contributed by atoms with Gasteiger partial charge < -0.3 is 10.2 Å². The molecule has 0 unspecified atom stereocenters. The van der Waals surface area contributed by atoms with Gasteiger partial charge in [-0.25, -0.2) is 14.7 Å². The van der Waals surface area contributed by atoms with Gasteiger partial charge in [0.25, 0.3) is 0 Å². The van der Waals surface area contributed by atoms with Crippen LogP contribution in [0, 0.1) is 0 Å². The van der Waals surface area contributed by atoms with Crippen molar-refractivity contribution < 1.29 is 0 Å². The third kappa shape index (κ3) is 6.35. The van der Waals surface area contributed by atoms with E-state index >= 15 is 0 Å². The van der Waals surface area contributed by atoms with Gasteiger partial charge in [0.05, 0.1) is 6.54 Å². The normalized spacial score (nSPS) is 11.4. The zero-order valence-electron chi connectivity index (χ0n) is 15.9. The number of aliphatic imine (C=N–C) groups is 1. The van der Waals surface area contributed by atoms with E-state index < -0.39 is 0 Å². The molecule has 6 nitrogen and oxygen atoms in total. The first kappa shape index (κ1) is 19.7. The summed E-state index contributed by atoms with van der Waals surface area (Å²) in [6.45, 7) is 8.33. The average molecular weight is 355 g/mol. The Morgan fingerprint density at radius 1 is 1.35 bits per heavy atom. The van der Waals surface area contributed by atoms with E-state index in [1.807, 2.05) is 30.5 Å². The van der Waals surface area contributed by atoms with Crippen molar-refractivity contribution in [2.24, 2.45) is 4.99 Å². The third-order valence-corrected chi connectivity index (χ3v) is 4.06. The molecule has 0 fully saturated rings. The van der Waals surface area contributed by atoms with Crippen LogP contribution in [0.25, 0.3) is 5.82 Å². The second kappa shape index (κ2) is 11.1. The van der Waals surface area contributed by atoms with E-state index in [2.05, 4.69) is 40.8 Å². The van der Waals surface area contributed by atoms with Crippen LogP contribution in [-0.2, 0) is 6.54 Å². The number of pyridine rings is 1. The topological polar surface area (TPSA) is 58.3 Å². The van der Waals surface area contributed by atoms with E-state index in [1.54, 1.807) is 17.1 Å². The number of guanidine groups is 1. The van der Waals surface area contributed by atoms with E-state index in [-0.39, 0.29) is 0 Å². The van der Waals surface area contributed by atoms with Crippen LogP contribution in [0.3, 0.4) is 0 Å². The van der Waals surface area contributed by atoms with Gasteiger partial charge in [-0.1, -0.05) is 12.5 Å². The van der Waals surface area contributed by atoms with Crippen molar-refractivity contribution in [2.75, 3.05) is 20.1 Å². The highest BCUT2D eigenvalue weighted by molar-refractivity contribution is 5.79. The lowest BCUT2D eigenvalue weighted by atomic mass is 10.2. The molecule has 0 aliphatic rings. The number of rotatable bonds is 10. The van der Waals surface area contributed by atoms with Gasteiger partial charge >= 0.3 is 0 Å². The van der Waals surface area contributed by atoms with Gasteiger partial charge in [0.2, 0.25) is 0 Å². The van der Waals surface area contributed by atoms with Crippen LogP contribution < -0.4 is 5.32 Å². The van der Waals surface area contributed by atoms with Crippen LogP contribution >= 0.6 is 0 Å². The second-order valence-electron chi connectivity index (χ2n) is 6.20. The molecule has 2 rings (SSSR count). The monoisotopic (exact) mass is 354 g/mol. The molecule has 0 radical (unpaired) electrons. The Hall–Kier alpha value is -2.63. The molecule has 0 bridgehead atoms. The van der Waals surface area contributed by atoms with E-state index in [1.165, 1.54) is 12.8 Å². The number of hydrogen-bond donors (Lipinski definition) is 1. The zero-order chi connectivity index (χ0) is 18.6. The first-order valence-electron chi connectivity index (χ1n) is 9.30. The van der Waals surface area contributed by atoms with Gasteiger partial charge in [0.1, 0.15) is 0 Å². The van der Waals surface area contributed by atoms with Gasteiger partial charge in [0, 0.05) is 38.7 Å². The summed E-state index contributed by atoms with van der Waals surface area (Å²) in [5, 5.41) is 7.60. The fraction of sp³-hybridized carbons (Fsp3) is 0.450. The maximum absolute atomic E-state index is 4.78. The first-order valence-corrected chi connectivity index (χ1v) is 9.30. The summed E-state index contributed by atoms with van der Waals surface area (Å²) in [6, 6.07) is 5.91. The van der Waals surface area contributed by atoms with Gasteiger partial charge in [-0.15, -0.1) is 6.58 Å². The molecule has 0 spiro atoms. The van der Waals surface area contributed by atoms with Gasteiger partial charge in [-0.05, 0) is 49.9 Å². The van der Waals surface area contributed by atoms with E-state index in [0.29, 0.717) is 6.54 Å². The smallest absolute Gasteiger partial charge is 0.193 e. The van der Waals surface area contributed by atoms with Gasteiger partial charge in [-0.2, -0.15) is 5.10 Å². The number of nitrogens with one attached hydrogen (secondary N) is 1. The van der Waals surface area contributed by atoms with Crippen LogP contribution in [0.15, 0.2) is 54.4 Å². The Balaban J connectivity index is 1.95. The number of hydrogen-bond acceptors (Lipinski definition) is 3. The van der Waals surface area contributed by atoms with E-state index in [0.717, 1.165) is 43.3 Å². The van der Waals surface area contributed by atoms with Crippen LogP contribution in [0.2, 0.25) is 0 Å². The predicted molar refractivity (Wildman–Crippen MR) is 107 cm³/mol. The van der Waals surface area contributed by atoms with Crippen LogP contribution in [0.1, 0.15) is 38.2 Å². The largest absolute Gasteiger partial charge is 0.357 e. The summed E-state index contributed by atoms with van der Waals surface area (Å²) in [5.41, 5.74) is 1.11. The molecule has 2 aromatic heterocycles. The molecule has 0 amide bonds. The summed E-state index contributed by atoms with van der Waals surface area (Å²) >= 11 is 0. The van der Waals surface area contributed by atoms with Crippen LogP contribution in [-0.4, -0.2) is 45.8 Å². The second-order valence-corrected chi connectivity index (χ2v) is 6.20. The van der Waals surface area contributed by atoms with E-state index in [9.17, 15) is 0 Å². The molecule has 0 saturated heterocycles. The lowest BCUT2D eigenvalue weighted by Crippen LogP contribution is -2.39. The molecule has 2 heterocycles. The standard InChI is InChI=1S/C20H30N6/c1-4-6-7-8-9-14-25(3)20(21-5-2)23-17-18-11-13-22-19(16-18)26-15-10-12-24-26/h4,10-13,15-16H,1,5-9,14,17H2,2-3H3,(H,21,23). The van der Waals surface area contributed by atoms with Crippen molar-refractivity contribution in [1.82, 2.24) is 25.0 Å². The van der Waals surface area contributed by atoms with Gasteiger partial charge in [-0.3, -0.25) is 0 Å². The molecule has 0 saturated carbocycles. The summed E-state index contributed by atoms with van der Waals surface area (Å²) in [5.74, 6) is 1.75. The fourth-order valence-electron chi connectivity index (χ4n) is 2.64. The number of aromatic nitrogens is 3. The molecule has 140 valence electrons. The molecule has 0 atom stereocenters. The molecular formula is C20H30N6. The highest BCUT2D eigenvalue weighted by Gasteiger charge is 2.06. The van der Waals surface area contributed by atoms with Crippen molar-refractivity contribution in [3.05, 3.63) is 55.0 Å². The number of allylic oxidation sites excluding steroid dienone is 1. The first-order chi connectivity index (χ1) is 12.7. The molecule has 0 aromatic carbocycles. The van der Waals surface area contributed by atoms with Crippen molar-refractivity contribution in [3.63, 3.8) is 0 Å². The minimum atomic E-state index is 0.611. The predicted octanol–water partition coefficient (Wildman–Crippen LogP) is 3.41. The quantitative estimate of drug-likeness (QED) is 0.307. The lowest BCUT2D eigenvalue weighted by molar-refractivity contribution is 0.455. The Labute approximate surface area is 156 Å². The molecule has 2 aromatic rings.